The molecule has 0 bridgehead atoms. The first-order valence-corrected chi connectivity index (χ1v) is 8.66. The summed E-state index contributed by atoms with van der Waals surface area (Å²) in [4.78, 5) is 29.0. The van der Waals surface area contributed by atoms with E-state index < -0.39 is 5.56 Å². The molecule has 0 fully saturated rings. The standard InChI is InChI=1S/C19H12FN3O2S/c20-14-8-6-13(7-9-14)11-16-18(25)23-19(26-16)21-17(24)15(22-23)10-12-4-2-1-3-5-12/h1-9,11H,10H2/b16-11+. The van der Waals surface area contributed by atoms with Crippen molar-refractivity contribution in [2.45, 2.75) is 6.42 Å². The molecular weight excluding hydrogens is 353 g/mol. The first-order valence-electron chi connectivity index (χ1n) is 7.84. The highest BCUT2D eigenvalue weighted by Crippen LogP contribution is 2.06. The molecule has 2 aromatic heterocycles. The molecule has 0 amide bonds. The summed E-state index contributed by atoms with van der Waals surface area (Å²) < 4.78 is 14.5. The molecule has 4 rings (SSSR count). The highest BCUT2D eigenvalue weighted by Gasteiger charge is 2.11. The molecule has 7 heteroatoms. The largest absolute Gasteiger partial charge is 0.296 e. The van der Waals surface area contributed by atoms with Crippen LogP contribution in [0.25, 0.3) is 11.0 Å². The maximum absolute atomic E-state index is 13.0. The van der Waals surface area contributed by atoms with E-state index in [0.717, 1.165) is 21.4 Å². The monoisotopic (exact) mass is 365 g/mol. The van der Waals surface area contributed by atoms with Gasteiger partial charge in [0.15, 0.2) is 0 Å². The van der Waals surface area contributed by atoms with E-state index in [2.05, 4.69) is 10.1 Å². The predicted octanol–water partition coefficient (Wildman–Crippen LogP) is 1.79. The van der Waals surface area contributed by atoms with Crippen LogP contribution in [-0.2, 0) is 6.42 Å². The van der Waals surface area contributed by atoms with Crippen LogP contribution in [0.3, 0.4) is 0 Å². The van der Waals surface area contributed by atoms with Crippen molar-refractivity contribution in [2.75, 3.05) is 0 Å². The Hall–Kier alpha value is -3.19. The van der Waals surface area contributed by atoms with Crippen molar-refractivity contribution in [3.8, 4) is 0 Å². The average molecular weight is 365 g/mol. The number of fused-ring (bicyclic) bond motifs is 1. The zero-order valence-electron chi connectivity index (χ0n) is 13.4. The molecule has 0 atom stereocenters. The third kappa shape index (κ3) is 3.16. The van der Waals surface area contributed by atoms with Crippen LogP contribution in [0.15, 0.2) is 64.2 Å². The van der Waals surface area contributed by atoms with Crippen LogP contribution >= 0.6 is 11.3 Å². The second-order valence-electron chi connectivity index (χ2n) is 5.69. The summed E-state index contributed by atoms with van der Waals surface area (Å²) in [7, 11) is 0. The number of hydrogen-bond acceptors (Lipinski definition) is 5. The molecule has 0 aliphatic heterocycles. The van der Waals surface area contributed by atoms with Crippen molar-refractivity contribution < 1.29 is 4.39 Å². The second-order valence-corrected chi connectivity index (χ2v) is 6.70. The van der Waals surface area contributed by atoms with Gasteiger partial charge in [-0.3, -0.25) is 9.59 Å². The van der Waals surface area contributed by atoms with Gasteiger partial charge in [0.25, 0.3) is 11.1 Å². The summed E-state index contributed by atoms with van der Waals surface area (Å²) in [6.45, 7) is 0. The number of thiazole rings is 1. The van der Waals surface area contributed by atoms with E-state index in [4.69, 9.17) is 0 Å². The SMILES string of the molecule is O=c1nc2s/c(=C/c3ccc(F)cc3)c(=O)n2nc1Cc1ccccc1. The van der Waals surface area contributed by atoms with Crippen molar-refractivity contribution in [1.82, 2.24) is 14.6 Å². The molecule has 2 heterocycles. The zero-order valence-corrected chi connectivity index (χ0v) is 14.2. The van der Waals surface area contributed by atoms with Crippen molar-refractivity contribution in [3.63, 3.8) is 0 Å². The summed E-state index contributed by atoms with van der Waals surface area (Å²) in [5.41, 5.74) is 1.03. The molecule has 0 aliphatic carbocycles. The van der Waals surface area contributed by atoms with Gasteiger partial charge in [-0.15, -0.1) is 0 Å². The van der Waals surface area contributed by atoms with Gasteiger partial charge >= 0.3 is 0 Å². The Kier molecular flexibility index (Phi) is 4.14. The van der Waals surface area contributed by atoms with E-state index in [1.165, 1.54) is 12.1 Å². The molecule has 0 saturated heterocycles. The minimum absolute atomic E-state index is 0.219. The highest BCUT2D eigenvalue weighted by atomic mass is 32.1. The molecule has 26 heavy (non-hydrogen) atoms. The number of hydrogen-bond donors (Lipinski definition) is 0. The maximum Gasteiger partial charge on any atom is 0.296 e. The van der Waals surface area contributed by atoms with Gasteiger partial charge in [0.2, 0.25) is 4.96 Å². The van der Waals surface area contributed by atoms with E-state index in [1.807, 2.05) is 30.3 Å². The minimum Gasteiger partial charge on any atom is -0.266 e. The van der Waals surface area contributed by atoms with Gasteiger partial charge in [-0.1, -0.05) is 53.8 Å². The lowest BCUT2D eigenvalue weighted by Crippen LogP contribution is -2.28. The molecule has 128 valence electrons. The number of halogens is 1. The Balaban J connectivity index is 1.81. The van der Waals surface area contributed by atoms with Gasteiger partial charge in [-0.25, -0.2) is 4.39 Å². The lowest BCUT2D eigenvalue weighted by atomic mass is 10.1. The van der Waals surface area contributed by atoms with Crippen molar-refractivity contribution in [2.24, 2.45) is 0 Å². The Labute approximate surface area is 150 Å². The number of benzene rings is 2. The second kappa shape index (κ2) is 6.61. The van der Waals surface area contributed by atoms with Crippen LogP contribution in [0.1, 0.15) is 16.8 Å². The van der Waals surface area contributed by atoms with Crippen LogP contribution < -0.4 is 15.7 Å². The summed E-state index contributed by atoms with van der Waals surface area (Å²) in [5, 5.41) is 4.21. The fraction of sp³-hybridized carbons (Fsp3) is 0.0526. The van der Waals surface area contributed by atoms with Crippen LogP contribution in [-0.4, -0.2) is 14.6 Å². The molecule has 0 unspecified atom stereocenters. The van der Waals surface area contributed by atoms with E-state index in [9.17, 15) is 14.0 Å². The smallest absolute Gasteiger partial charge is 0.266 e. The van der Waals surface area contributed by atoms with Crippen molar-refractivity contribution in [3.05, 3.63) is 102 Å². The van der Waals surface area contributed by atoms with Crippen LogP contribution in [0.4, 0.5) is 4.39 Å². The summed E-state index contributed by atoms with van der Waals surface area (Å²) in [6.07, 6.45) is 1.94. The van der Waals surface area contributed by atoms with E-state index in [1.54, 1.807) is 18.2 Å². The lowest BCUT2D eigenvalue weighted by Gasteiger charge is -1.99. The molecule has 5 nitrogen and oxygen atoms in total. The molecule has 0 saturated carbocycles. The molecule has 0 aliphatic rings. The van der Waals surface area contributed by atoms with Gasteiger partial charge in [0, 0.05) is 6.42 Å². The van der Waals surface area contributed by atoms with Crippen LogP contribution in [0, 0.1) is 5.82 Å². The number of rotatable bonds is 3. The molecule has 0 spiro atoms. The first kappa shape index (κ1) is 16.3. The minimum atomic E-state index is -0.441. The highest BCUT2D eigenvalue weighted by molar-refractivity contribution is 7.15. The van der Waals surface area contributed by atoms with Crippen molar-refractivity contribution >= 4 is 22.4 Å². The normalized spacial score (nSPS) is 12.0. The van der Waals surface area contributed by atoms with Gasteiger partial charge in [-0.2, -0.15) is 14.6 Å². The maximum atomic E-state index is 13.0. The van der Waals surface area contributed by atoms with Gasteiger partial charge < -0.3 is 0 Å². The average Bonchev–Trinajstić information content (AvgIpc) is 2.93. The van der Waals surface area contributed by atoms with Crippen molar-refractivity contribution in [1.29, 1.82) is 0 Å². The van der Waals surface area contributed by atoms with Crippen LogP contribution in [0.5, 0.6) is 0 Å². The fourth-order valence-electron chi connectivity index (χ4n) is 2.55. The molecule has 2 aromatic carbocycles. The van der Waals surface area contributed by atoms with E-state index in [0.29, 0.717) is 16.5 Å². The quantitative estimate of drug-likeness (QED) is 0.555. The van der Waals surface area contributed by atoms with Gasteiger partial charge in [0.1, 0.15) is 11.5 Å². The van der Waals surface area contributed by atoms with E-state index in [-0.39, 0.29) is 22.0 Å². The summed E-state index contributed by atoms with van der Waals surface area (Å²) >= 11 is 1.08. The third-order valence-electron chi connectivity index (χ3n) is 3.83. The van der Waals surface area contributed by atoms with E-state index >= 15 is 0 Å². The molecular formula is C19H12FN3O2S. The zero-order chi connectivity index (χ0) is 18.1. The Morgan fingerprint density at radius 1 is 1.04 bits per heavy atom. The number of nitrogens with zero attached hydrogens (tertiary/aromatic N) is 3. The third-order valence-corrected chi connectivity index (χ3v) is 4.79. The molecule has 0 radical (unpaired) electrons. The number of aromatic nitrogens is 3. The lowest BCUT2D eigenvalue weighted by molar-refractivity contribution is 0.628. The summed E-state index contributed by atoms with van der Waals surface area (Å²) in [6, 6.07) is 15.2. The van der Waals surface area contributed by atoms with Gasteiger partial charge in [0.05, 0.1) is 4.53 Å². The fourth-order valence-corrected chi connectivity index (χ4v) is 3.46. The Morgan fingerprint density at radius 2 is 1.77 bits per heavy atom. The first-order chi connectivity index (χ1) is 12.6. The molecule has 0 N–H and O–H groups in total. The topological polar surface area (TPSA) is 64.3 Å². The Bertz CT molecular complexity index is 1250. The molecule has 4 aromatic rings. The Morgan fingerprint density at radius 3 is 2.50 bits per heavy atom. The van der Waals surface area contributed by atoms with Crippen LogP contribution in [0.2, 0.25) is 0 Å². The summed E-state index contributed by atoms with van der Waals surface area (Å²) in [5.74, 6) is -0.347. The predicted molar refractivity (Wildman–Crippen MR) is 97.8 cm³/mol. The van der Waals surface area contributed by atoms with Gasteiger partial charge in [-0.05, 0) is 29.3 Å².